The first-order chi connectivity index (χ1) is 4.79. The Kier molecular flexibility index (Phi) is 3.95. The molecule has 0 aromatic rings. The molecular weight excluding hydrogens is 136 g/mol. The van der Waals surface area contributed by atoms with E-state index in [2.05, 4.69) is 9.47 Å². The molecule has 0 rings (SSSR count). The van der Waals surface area contributed by atoms with E-state index in [-0.39, 0.29) is 11.5 Å². The number of rotatable bonds is 4. The number of ether oxygens (including phenoxy) is 2. The van der Waals surface area contributed by atoms with Crippen LogP contribution in [-0.4, -0.2) is 26.8 Å². The Labute approximate surface area is 58.4 Å². The maximum Gasteiger partial charge on any atom is 0.292 e. The molecule has 0 spiro atoms. The molecule has 0 radical (unpaired) electrons. The van der Waals surface area contributed by atoms with Crippen LogP contribution >= 0.6 is 0 Å². The van der Waals surface area contributed by atoms with Crippen molar-refractivity contribution in [3.05, 3.63) is 11.5 Å². The molecule has 0 aliphatic heterocycles. The molecule has 0 unspecified atom stereocenters. The third-order valence-corrected chi connectivity index (χ3v) is 0.860. The molecule has 0 aromatic heterocycles. The highest BCUT2D eigenvalue weighted by Crippen LogP contribution is 1.99. The highest BCUT2D eigenvalue weighted by molar-refractivity contribution is 5.99. The van der Waals surface area contributed by atoms with Gasteiger partial charge in [0.2, 0.25) is 0 Å². The molecule has 0 bridgehead atoms. The average molecular weight is 144 g/mol. The molecule has 0 saturated carbocycles. The van der Waals surface area contributed by atoms with Crippen LogP contribution in [0.2, 0.25) is 0 Å². The monoisotopic (exact) mass is 144 g/mol. The van der Waals surface area contributed by atoms with Crippen molar-refractivity contribution < 1.29 is 19.1 Å². The number of carbonyl (C=O) groups is 2. The van der Waals surface area contributed by atoms with E-state index in [1.165, 1.54) is 14.2 Å². The summed E-state index contributed by atoms with van der Waals surface area (Å²) in [5, 5.41) is 0. The molecule has 0 aliphatic rings. The largest absolute Gasteiger partial charge is 0.468 e. The van der Waals surface area contributed by atoms with Crippen molar-refractivity contribution in [2.24, 2.45) is 0 Å². The van der Waals surface area contributed by atoms with E-state index >= 15 is 0 Å². The summed E-state index contributed by atoms with van der Waals surface area (Å²) in [5.41, 5.74) is -0.134. The summed E-state index contributed by atoms with van der Waals surface area (Å²) in [7, 11) is 2.62. The lowest BCUT2D eigenvalue weighted by atomic mass is 10.3. The quantitative estimate of drug-likeness (QED) is 0.181. The van der Waals surface area contributed by atoms with Crippen molar-refractivity contribution in [1.29, 1.82) is 0 Å². The van der Waals surface area contributed by atoms with E-state index in [1.807, 2.05) is 0 Å². The van der Waals surface area contributed by atoms with Crippen LogP contribution in [0.5, 0.6) is 0 Å². The van der Waals surface area contributed by atoms with Crippen LogP contribution in [0.15, 0.2) is 11.5 Å². The minimum Gasteiger partial charge on any atom is -0.468 e. The summed E-state index contributed by atoms with van der Waals surface area (Å²) in [6.07, 6.45) is 0.741. The highest BCUT2D eigenvalue weighted by atomic mass is 16.7. The molecule has 0 atom stereocenters. The summed E-state index contributed by atoms with van der Waals surface area (Å²) < 4.78 is 9.08. The van der Waals surface area contributed by atoms with Crippen LogP contribution in [0.1, 0.15) is 0 Å². The molecule has 0 saturated heterocycles. The molecule has 0 amide bonds. The Bertz CT molecular complexity index is 143. The zero-order valence-corrected chi connectivity index (χ0v) is 5.79. The van der Waals surface area contributed by atoms with Crippen molar-refractivity contribution in [1.82, 2.24) is 0 Å². The summed E-state index contributed by atoms with van der Waals surface area (Å²) in [6.45, 7) is 0. The van der Waals surface area contributed by atoms with Crippen LogP contribution in [0.3, 0.4) is 0 Å². The normalized spacial score (nSPS) is 7.80. The van der Waals surface area contributed by atoms with Crippen LogP contribution < -0.4 is 0 Å². The second-order valence-electron chi connectivity index (χ2n) is 1.39. The van der Waals surface area contributed by atoms with Gasteiger partial charge in [0.15, 0.2) is 12.6 Å². The topological polar surface area (TPSA) is 52.6 Å². The van der Waals surface area contributed by atoms with Gasteiger partial charge in [-0.25, -0.2) is 0 Å². The number of hydrogen-bond donors (Lipinski definition) is 0. The third-order valence-electron chi connectivity index (χ3n) is 0.860. The molecule has 0 fully saturated rings. The van der Waals surface area contributed by atoms with Gasteiger partial charge in [0.25, 0.3) is 5.95 Å². The summed E-state index contributed by atoms with van der Waals surface area (Å²) >= 11 is 0. The maximum atomic E-state index is 10.0. The van der Waals surface area contributed by atoms with E-state index in [9.17, 15) is 9.59 Å². The first-order valence-electron chi connectivity index (χ1n) is 2.52. The van der Waals surface area contributed by atoms with Gasteiger partial charge in [-0.2, -0.15) is 0 Å². The van der Waals surface area contributed by atoms with Gasteiger partial charge in [0.1, 0.15) is 5.57 Å². The van der Waals surface area contributed by atoms with Crippen LogP contribution in [0.25, 0.3) is 0 Å². The second kappa shape index (κ2) is 4.55. The molecule has 0 aliphatic carbocycles. The Balaban J connectivity index is 4.50. The van der Waals surface area contributed by atoms with Crippen molar-refractivity contribution >= 4 is 12.6 Å². The number of aldehydes is 2. The predicted octanol–water partition coefficient (Wildman–Crippen LogP) is -0.111. The van der Waals surface area contributed by atoms with Gasteiger partial charge in [-0.1, -0.05) is 0 Å². The Morgan fingerprint density at radius 1 is 1.10 bits per heavy atom. The van der Waals surface area contributed by atoms with E-state index in [0.29, 0.717) is 12.6 Å². The predicted molar refractivity (Wildman–Crippen MR) is 33.2 cm³/mol. The van der Waals surface area contributed by atoms with E-state index in [0.717, 1.165) is 0 Å². The van der Waals surface area contributed by atoms with Gasteiger partial charge >= 0.3 is 0 Å². The SMILES string of the molecule is COC(OC)=C(C=O)C=O. The summed E-state index contributed by atoms with van der Waals surface area (Å²) in [6, 6.07) is 0. The van der Waals surface area contributed by atoms with Crippen LogP contribution in [0.4, 0.5) is 0 Å². The lowest BCUT2D eigenvalue weighted by Gasteiger charge is -2.02. The number of allylic oxidation sites excluding steroid dienone is 1. The Morgan fingerprint density at radius 2 is 1.50 bits per heavy atom. The fourth-order valence-electron chi connectivity index (χ4n) is 0.443. The first-order valence-corrected chi connectivity index (χ1v) is 2.52. The lowest BCUT2D eigenvalue weighted by Crippen LogP contribution is -1.99. The molecule has 4 nitrogen and oxygen atoms in total. The van der Waals surface area contributed by atoms with Crippen LogP contribution in [-0.2, 0) is 19.1 Å². The van der Waals surface area contributed by atoms with Gasteiger partial charge < -0.3 is 9.47 Å². The standard InChI is InChI=1S/C6H8O4/c1-9-6(10-2)5(3-7)4-8/h3-4H,1-2H3. The van der Waals surface area contributed by atoms with E-state index in [4.69, 9.17) is 0 Å². The molecule has 0 aromatic carbocycles. The average Bonchev–Trinajstić information content (AvgIpc) is 2.00. The van der Waals surface area contributed by atoms with Crippen molar-refractivity contribution in [2.45, 2.75) is 0 Å². The summed E-state index contributed by atoms with van der Waals surface area (Å²) in [4.78, 5) is 20.1. The molecular formula is C6H8O4. The zero-order chi connectivity index (χ0) is 7.98. The Morgan fingerprint density at radius 3 is 1.60 bits per heavy atom. The lowest BCUT2D eigenvalue weighted by molar-refractivity contribution is -0.110. The van der Waals surface area contributed by atoms with Crippen molar-refractivity contribution in [2.75, 3.05) is 14.2 Å². The van der Waals surface area contributed by atoms with E-state index in [1.54, 1.807) is 0 Å². The van der Waals surface area contributed by atoms with Crippen LogP contribution in [0, 0.1) is 0 Å². The summed E-state index contributed by atoms with van der Waals surface area (Å²) in [5.74, 6) is -0.0648. The van der Waals surface area contributed by atoms with Crippen molar-refractivity contribution in [3.63, 3.8) is 0 Å². The number of methoxy groups -OCH3 is 2. The minimum absolute atomic E-state index is 0.0648. The maximum absolute atomic E-state index is 10.0. The molecule has 10 heavy (non-hydrogen) atoms. The highest BCUT2D eigenvalue weighted by Gasteiger charge is 2.03. The number of carbonyl (C=O) groups excluding carboxylic acids is 2. The molecule has 0 N–H and O–H groups in total. The third kappa shape index (κ3) is 1.89. The van der Waals surface area contributed by atoms with Crippen molar-refractivity contribution in [3.8, 4) is 0 Å². The minimum atomic E-state index is -0.134. The van der Waals surface area contributed by atoms with Gasteiger partial charge in [-0.3, -0.25) is 9.59 Å². The van der Waals surface area contributed by atoms with E-state index < -0.39 is 0 Å². The zero-order valence-electron chi connectivity index (χ0n) is 5.79. The molecule has 0 heterocycles. The fourth-order valence-corrected chi connectivity index (χ4v) is 0.443. The van der Waals surface area contributed by atoms with Gasteiger partial charge in [0, 0.05) is 0 Å². The number of hydrogen-bond acceptors (Lipinski definition) is 4. The fraction of sp³-hybridized carbons (Fsp3) is 0.333. The second-order valence-corrected chi connectivity index (χ2v) is 1.39. The smallest absolute Gasteiger partial charge is 0.292 e. The Hall–Kier alpha value is -1.32. The van der Waals surface area contributed by atoms with Gasteiger partial charge in [-0.15, -0.1) is 0 Å². The molecule has 4 heteroatoms. The van der Waals surface area contributed by atoms with Gasteiger partial charge in [-0.05, 0) is 0 Å². The van der Waals surface area contributed by atoms with Gasteiger partial charge in [0.05, 0.1) is 14.2 Å². The molecule has 56 valence electrons. The first kappa shape index (κ1) is 8.68.